The van der Waals surface area contributed by atoms with Gasteiger partial charge < -0.3 is 0 Å². The third-order valence-electron chi connectivity index (χ3n) is 7.98. The van der Waals surface area contributed by atoms with Crippen molar-refractivity contribution in [3.8, 4) is 68.7 Å². The van der Waals surface area contributed by atoms with Crippen LogP contribution in [0.3, 0.4) is 0 Å². The van der Waals surface area contributed by atoms with Gasteiger partial charge in [-0.3, -0.25) is 30.2 Å². The molecule has 0 bridgehead atoms. The Balaban J connectivity index is 0.000000158. The van der Waals surface area contributed by atoms with Crippen molar-refractivity contribution in [3.63, 3.8) is 0 Å². The predicted octanol–water partition coefficient (Wildman–Crippen LogP) is 8.84. The number of halogens is 9. The van der Waals surface area contributed by atoms with Gasteiger partial charge in [0.05, 0.1) is 34.2 Å². The minimum absolute atomic E-state index is 0. The molecular weight excluding hydrogens is 994 g/mol. The van der Waals surface area contributed by atoms with Crippen molar-refractivity contribution >= 4 is 0 Å². The van der Waals surface area contributed by atoms with Crippen molar-refractivity contribution in [1.82, 2.24) is 75.4 Å². The molecule has 0 aliphatic carbocycles. The molecule has 0 radical (unpaired) electrons. The molecule has 322 valence electrons. The van der Waals surface area contributed by atoms with E-state index < -0.39 is 36.0 Å². The van der Waals surface area contributed by atoms with E-state index in [0.717, 1.165) is 0 Å². The summed E-state index contributed by atoms with van der Waals surface area (Å²) in [5.41, 5.74) is 4.17. The number of hydrogen-bond donors (Lipinski definition) is 3. The van der Waals surface area contributed by atoms with E-state index in [9.17, 15) is 39.5 Å². The standard InChI is InChI=1S/3C13H8F3N5.Nd/c3*14-13(15,16)12-19-11(20-21-12)10-6-3-5-9(18-10)8-4-1-2-7-17-8;/h3*1-7H,(H,19,20,21);. The molecule has 25 heteroatoms. The van der Waals surface area contributed by atoms with Crippen molar-refractivity contribution in [2.75, 3.05) is 0 Å². The number of H-pyrrole nitrogens is 3. The molecule has 0 aliphatic heterocycles. The largest absolute Gasteiger partial charge is 0.451 e. The maximum Gasteiger partial charge on any atom is 0.451 e. The number of rotatable bonds is 6. The average molecular weight is 1020 g/mol. The Bertz CT molecular complexity index is 2570. The molecule has 0 amide bonds. The predicted molar refractivity (Wildman–Crippen MR) is 204 cm³/mol. The summed E-state index contributed by atoms with van der Waals surface area (Å²) in [6.07, 6.45) is -8.87. The summed E-state index contributed by atoms with van der Waals surface area (Å²) in [5.74, 6) is -3.78. The molecule has 15 nitrogen and oxygen atoms in total. The first kappa shape index (κ1) is 46.5. The molecule has 9 rings (SSSR count). The summed E-state index contributed by atoms with van der Waals surface area (Å²) in [7, 11) is 0. The topological polar surface area (TPSA) is 202 Å². The van der Waals surface area contributed by atoms with Gasteiger partial charge in [-0.05, 0) is 72.8 Å². The van der Waals surface area contributed by atoms with Gasteiger partial charge in [0.15, 0.2) is 17.5 Å². The van der Waals surface area contributed by atoms with E-state index in [4.69, 9.17) is 0 Å². The van der Waals surface area contributed by atoms with Crippen molar-refractivity contribution < 1.29 is 80.4 Å². The SMILES string of the molecule is FC(F)(F)c1nc(-c2cccc(-c3ccccn3)n2)n[nH]1.FC(F)(F)c1nc(-c2cccc(-c3ccccn3)n2)n[nH]1.FC(F)(F)c1nc(-c2cccc(-c3ccccn3)n2)n[nH]1.[Nd]. The fourth-order valence-corrected chi connectivity index (χ4v) is 5.16. The average Bonchev–Trinajstić information content (AvgIpc) is 4.11. The molecule has 3 N–H and O–H groups in total. The number of alkyl halides is 9. The summed E-state index contributed by atoms with van der Waals surface area (Å²) in [5, 5.41) is 16.2. The zero-order valence-electron chi connectivity index (χ0n) is 31.9. The van der Waals surface area contributed by atoms with Crippen LogP contribution in [0.15, 0.2) is 128 Å². The number of aromatic nitrogens is 15. The molecule has 9 heterocycles. The van der Waals surface area contributed by atoms with Crippen molar-refractivity contribution in [2.24, 2.45) is 0 Å². The molecule has 0 fully saturated rings. The van der Waals surface area contributed by atoms with E-state index in [1.807, 2.05) is 15.3 Å². The Kier molecular flexibility index (Phi) is 14.6. The molecule has 0 aliphatic rings. The number of aromatic amines is 3. The molecule has 0 unspecified atom stereocenters. The van der Waals surface area contributed by atoms with Gasteiger partial charge in [-0.2, -0.15) is 54.8 Å². The molecule has 0 saturated heterocycles. The molecule has 0 saturated carbocycles. The fraction of sp³-hybridized carbons (Fsp3) is 0.0769. The number of hydrogen-bond acceptors (Lipinski definition) is 12. The van der Waals surface area contributed by atoms with Crippen LogP contribution in [0.5, 0.6) is 0 Å². The number of nitrogens with zero attached hydrogens (tertiary/aromatic N) is 12. The van der Waals surface area contributed by atoms with Crippen molar-refractivity contribution in [1.29, 1.82) is 0 Å². The monoisotopic (exact) mass is 1020 g/mol. The fourth-order valence-electron chi connectivity index (χ4n) is 5.16. The molecule has 0 atom stereocenters. The summed E-state index contributed by atoms with van der Waals surface area (Å²) in [4.78, 5) is 35.3. The molecular formula is C39H24F9N15Nd. The van der Waals surface area contributed by atoms with Gasteiger partial charge in [-0.1, -0.05) is 36.4 Å². The molecule has 9 aromatic rings. The molecule has 0 aromatic carbocycles. The second-order valence-corrected chi connectivity index (χ2v) is 12.4. The zero-order chi connectivity index (χ0) is 44.6. The minimum Gasteiger partial charge on any atom is -0.255 e. The first-order valence-electron chi connectivity index (χ1n) is 17.8. The van der Waals surface area contributed by atoms with Gasteiger partial charge in [0.25, 0.3) is 0 Å². The quantitative estimate of drug-likeness (QED) is 0.134. The molecule has 9 aromatic heterocycles. The van der Waals surface area contributed by atoms with Crippen LogP contribution in [0, 0.1) is 40.8 Å². The van der Waals surface area contributed by atoms with Gasteiger partial charge >= 0.3 is 18.5 Å². The maximum absolute atomic E-state index is 12.5. The van der Waals surface area contributed by atoms with Crippen LogP contribution in [0.2, 0.25) is 0 Å². The molecule has 64 heavy (non-hydrogen) atoms. The Morgan fingerprint density at radius 3 is 0.766 bits per heavy atom. The van der Waals surface area contributed by atoms with E-state index >= 15 is 0 Å². The van der Waals surface area contributed by atoms with Gasteiger partial charge in [-0.15, -0.1) is 0 Å². The van der Waals surface area contributed by atoms with Crippen LogP contribution < -0.4 is 0 Å². The summed E-state index contributed by atoms with van der Waals surface area (Å²) >= 11 is 0. The van der Waals surface area contributed by atoms with Crippen LogP contribution in [0.1, 0.15) is 17.5 Å². The smallest absolute Gasteiger partial charge is 0.255 e. The van der Waals surface area contributed by atoms with Crippen LogP contribution in [-0.4, -0.2) is 75.4 Å². The van der Waals surface area contributed by atoms with E-state index in [-0.39, 0.29) is 75.4 Å². The van der Waals surface area contributed by atoms with Crippen LogP contribution in [0.4, 0.5) is 39.5 Å². The third kappa shape index (κ3) is 11.9. The first-order valence-corrected chi connectivity index (χ1v) is 17.8. The zero-order valence-corrected chi connectivity index (χ0v) is 35.1. The van der Waals surface area contributed by atoms with Crippen LogP contribution in [-0.2, 0) is 18.5 Å². The van der Waals surface area contributed by atoms with E-state index in [1.165, 1.54) is 18.2 Å². The molecule has 0 spiro atoms. The number of pyridine rings is 6. The minimum atomic E-state index is -4.57. The summed E-state index contributed by atoms with van der Waals surface area (Å²) < 4.78 is 112. The number of nitrogens with one attached hydrogen (secondary N) is 3. The summed E-state index contributed by atoms with van der Waals surface area (Å²) in [6, 6.07) is 30.7. The first-order chi connectivity index (χ1) is 30.1. The van der Waals surface area contributed by atoms with Crippen molar-refractivity contribution in [3.05, 3.63) is 145 Å². The van der Waals surface area contributed by atoms with Crippen LogP contribution in [0.25, 0.3) is 68.7 Å². The Hall–Kier alpha value is -6.96. The van der Waals surface area contributed by atoms with E-state index in [2.05, 4.69) is 60.2 Å². The van der Waals surface area contributed by atoms with Crippen LogP contribution >= 0.6 is 0 Å². The van der Waals surface area contributed by atoms with E-state index in [0.29, 0.717) is 34.2 Å². The maximum atomic E-state index is 12.5. The van der Waals surface area contributed by atoms with Crippen molar-refractivity contribution in [2.45, 2.75) is 18.5 Å². The second kappa shape index (κ2) is 20.0. The Labute approximate surface area is 386 Å². The van der Waals surface area contributed by atoms with Gasteiger partial charge in [0.2, 0.25) is 17.5 Å². The van der Waals surface area contributed by atoms with Gasteiger partial charge in [-0.25, -0.2) is 29.9 Å². The Morgan fingerprint density at radius 2 is 0.547 bits per heavy atom. The Morgan fingerprint density at radius 1 is 0.297 bits per heavy atom. The normalized spacial score (nSPS) is 11.4. The summed E-state index contributed by atoms with van der Waals surface area (Å²) in [6.45, 7) is 0. The van der Waals surface area contributed by atoms with E-state index in [1.54, 1.807) is 110 Å². The van der Waals surface area contributed by atoms with Gasteiger partial charge in [0, 0.05) is 59.4 Å². The van der Waals surface area contributed by atoms with Gasteiger partial charge in [0.1, 0.15) is 17.1 Å². The third-order valence-corrected chi connectivity index (χ3v) is 7.98. The second-order valence-electron chi connectivity index (χ2n) is 12.4.